The van der Waals surface area contributed by atoms with E-state index in [-0.39, 0.29) is 30.0 Å². The van der Waals surface area contributed by atoms with E-state index in [0.29, 0.717) is 12.3 Å². The minimum absolute atomic E-state index is 0.0149. The van der Waals surface area contributed by atoms with Crippen molar-refractivity contribution in [3.05, 3.63) is 46.2 Å². The van der Waals surface area contributed by atoms with Crippen molar-refractivity contribution in [3.8, 4) is 0 Å². The van der Waals surface area contributed by atoms with Crippen molar-refractivity contribution in [3.63, 3.8) is 0 Å². The lowest BCUT2D eigenvalue weighted by molar-refractivity contribution is -0.140. The van der Waals surface area contributed by atoms with Gasteiger partial charge < -0.3 is 9.64 Å². The van der Waals surface area contributed by atoms with E-state index >= 15 is 0 Å². The van der Waals surface area contributed by atoms with E-state index in [4.69, 9.17) is 4.74 Å². The van der Waals surface area contributed by atoms with Crippen LogP contribution in [0, 0.1) is 19.8 Å². The first-order chi connectivity index (χ1) is 11.8. The Hall–Kier alpha value is -2.10. The standard InChI is InChI=1S/C21H27NO3/c1-6-25-21(24)17-11-22-18(12(2)3)9-15-7-13(4)14(5)8-16(15)19(22)10-20(17)23/h7-8,11-12,18-19H,6,9-10H2,1-5H3. The summed E-state index contributed by atoms with van der Waals surface area (Å²) < 4.78 is 5.08. The summed E-state index contributed by atoms with van der Waals surface area (Å²) in [5.41, 5.74) is 5.29. The van der Waals surface area contributed by atoms with Crippen molar-refractivity contribution in [1.29, 1.82) is 0 Å². The molecule has 1 aromatic rings. The molecule has 3 rings (SSSR count). The van der Waals surface area contributed by atoms with Crippen LogP contribution in [0.1, 0.15) is 55.5 Å². The van der Waals surface area contributed by atoms with Crippen molar-refractivity contribution in [2.24, 2.45) is 5.92 Å². The average Bonchev–Trinajstić information content (AvgIpc) is 2.55. The number of esters is 1. The quantitative estimate of drug-likeness (QED) is 0.622. The Morgan fingerprint density at radius 3 is 2.56 bits per heavy atom. The van der Waals surface area contributed by atoms with Crippen LogP contribution in [0.5, 0.6) is 0 Å². The second kappa shape index (κ2) is 6.66. The molecule has 0 bridgehead atoms. The van der Waals surface area contributed by atoms with Gasteiger partial charge >= 0.3 is 5.97 Å². The van der Waals surface area contributed by atoms with Gasteiger partial charge in [0.05, 0.1) is 12.6 Å². The Kier molecular flexibility index (Phi) is 4.72. The Balaban J connectivity index is 2.08. The number of benzene rings is 1. The fourth-order valence-electron chi connectivity index (χ4n) is 3.97. The van der Waals surface area contributed by atoms with E-state index in [9.17, 15) is 9.59 Å². The average molecular weight is 341 g/mol. The zero-order valence-electron chi connectivity index (χ0n) is 15.8. The number of carbonyl (C=O) groups is 2. The van der Waals surface area contributed by atoms with E-state index in [0.717, 1.165) is 6.42 Å². The predicted molar refractivity (Wildman–Crippen MR) is 97.2 cm³/mol. The molecule has 0 N–H and O–H groups in total. The van der Waals surface area contributed by atoms with Crippen molar-refractivity contribution in [2.75, 3.05) is 6.61 Å². The topological polar surface area (TPSA) is 46.6 Å². The summed E-state index contributed by atoms with van der Waals surface area (Å²) in [4.78, 5) is 27.0. The Labute approximate surface area is 149 Å². The third-order valence-corrected chi connectivity index (χ3v) is 5.51. The van der Waals surface area contributed by atoms with Gasteiger partial charge in [-0.15, -0.1) is 0 Å². The Morgan fingerprint density at radius 2 is 1.92 bits per heavy atom. The van der Waals surface area contributed by atoms with Crippen LogP contribution < -0.4 is 0 Å². The van der Waals surface area contributed by atoms with Crippen LogP contribution in [0.3, 0.4) is 0 Å². The summed E-state index contributed by atoms with van der Waals surface area (Å²) in [5, 5.41) is 0. The number of rotatable bonds is 3. The summed E-state index contributed by atoms with van der Waals surface area (Å²) in [6.45, 7) is 10.7. The second-order valence-corrected chi connectivity index (χ2v) is 7.50. The first-order valence-electron chi connectivity index (χ1n) is 9.13. The zero-order chi connectivity index (χ0) is 18.3. The van der Waals surface area contributed by atoms with Crippen LogP contribution in [0.4, 0.5) is 0 Å². The predicted octanol–water partition coefficient (Wildman–Crippen LogP) is 3.65. The highest BCUT2D eigenvalue weighted by Gasteiger charge is 2.40. The normalized spacial score (nSPS) is 22.4. The molecule has 2 aliphatic heterocycles. The van der Waals surface area contributed by atoms with Gasteiger partial charge in [0.25, 0.3) is 0 Å². The molecule has 0 amide bonds. The molecule has 2 aliphatic rings. The monoisotopic (exact) mass is 341 g/mol. The van der Waals surface area contributed by atoms with Gasteiger partial charge in [-0.1, -0.05) is 26.0 Å². The van der Waals surface area contributed by atoms with Crippen LogP contribution in [0.15, 0.2) is 23.9 Å². The highest BCUT2D eigenvalue weighted by Crippen LogP contribution is 2.42. The fourth-order valence-corrected chi connectivity index (χ4v) is 3.97. The van der Waals surface area contributed by atoms with Gasteiger partial charge in [-0.3, -0.25) is 4.79 Å². The minimum atomic E-state index is -0.501. The number of aryl methyl sites for hydroxylation is 2. The highest BCUT2D eigenvalue weighted by atomic mass is 16.5. The maximum absolute atomic E-state index is 12.6. The van der Waals surface area contributed by atoms with Gasteiger partial charge in [-0.25, -0.2) is 4.79 Å². The third-order valence-electron chi connectivity index (χ3n) is 5.51. The van der Waals surface area contributed by atoms with Crippen molar-refractivity contribution in [1.82, 2.24) is 4.90 Å². The molecule has 0 aliphatic carbocycles. The summed E-state index contributed by atoms with van der Waals surface area (Å²) in [5.74, 6) is -0.196. The second-order valence-electron chi connectivity index (χ2n) is 7.50. The molecule has 0 aromatic heterocycles. The number of Topliss-reactive ketones (excluding diaryl/α,β-unsaturated/α-hetero) is 1. The summed E-state index contributed by atoms with van der Waals surface area (Å²) >= 11 is 0. The van der Waals surface area contributed by atoms with Gasteiger partial charge in [0, 0.05) is 18.7 Å². The molecule has 4 heteroatoms. The van der Waals surface area contributed by atoms with E-state index in [1.54, 1.807) is 13.1 Å². The molecule has 2 heterocycles. The molecule has 2 unspecified atom stereocenters. The van der Waals surface area contributed by atoms with E-state index in [1.807, 2.05) is 0 Å². The SMILES string of the molecule is CCOC(=O)C1=CN2C(CC1=O)c1cc(C)c(C)cc1CC2C(C)C. The molecular formula is C21H27NO3. The first-order valence-corrected chi connectivity index (χ1v) is 9.13. The van der Waals surface area contributed by atoms with Gasteiger partial charge in [0.1, 0.15) is 5.57 Å². The molecule has 0 spiro atoms. The maximum Gasteiger partial charge on any atom is 0.343 e. The van der Waals surface area contributed by atoms with Crippen LogP contribution in [0.2, 0.25) is 0 Å². The summed E-state index contributed by atoms with van der Waals surface area (Å²) in [7, 11) is 0. The number of nitrogens with zero attached hydrogens (tertiary/aromatic N) is 1. The van der Waals surface area contributed by atoms with Crippen LogP contribution in [-0.2, 0) is 20.7 Å². The van der Waals surface area contributed by atoms with Gasteiger partial charge in [-0.2, -0.15) is 0 Å². The molecule has 0 saturated heterocycles. The van der Waals surface area contributed by atoms with Crippen LogP contribution >= 0.6 is 0 Å². The molecule has 0 fully saturated rings. The number of carbonyl (C=O) groups excluding carboxylic acids is 2. The molecule has 25 heavy (non-hydrogen) atoms. The smallest absolute Gasteiger partial charge is 0.343 e. The molecule has 4 nitrogen and oxygen atoms in total. The molecule has 1 aromatic carbocycles. The highest BCUT2D eigenvalue weighted by molar-refractivity contribution is 6.17. The van der Waals surface area contributed by atoms with Gasteiger partial charge in [0.2, 0.25) is 0 Å². The van der Waals surface area contributed by atoms with E-state index in [2.05, 4.69) is 44.7 Å². The maximum atomic E-state index is 12.6. The number of ketones is 1. The number of fused-ring (bicyclic) bond motifs is 3. The van der Waals surface area contributed by atoms with Crippen LogP contribution in [0.25, 0.3) is 0 Å². The molecule has 0 radical (unpaired) electrons. The minimum Gasteiger partial charge on any atom is -0.462 e. The number of hydrogen-bond acceptors (Lipinski definition) is 4. The summed E-state index contributed by atoms with van der Waals surface area (Å²) in [6.07, 6.45) is 3.03. The lowest BCUT2D eigenvalue weighted by Gasteiger charge is -2.47. The number of hydrogen-bond donors (Lipinski definition) is 0. The lowest BCUT2D eigenvalue weighted by Crippen LogP contribution is -2.47. The van der Waals surface area contributed by atoms with Gasteiger partial charge in [-0.05, 0) is 55.4 Å². The van der Waals surface area contributed by atoms with Crippen molar-refractivity contribution in [2.45, 2.75) is 59.5 Å². The lowest BCUT2D eigenvalue weighted by atomic mass is 9.79. The van der Waals surface area contributed by atoms with Crippen LogP contribution in [-0.4, -0.2) is 29.3 Å². The Bertz CT molecular complexity index is 748. The molecule has 134 valence electrons. The van der Waals surface area contributed by atoms with E-state index in [1.165, 1.54) is 22.3 Å². The largest absolute Gasteiger partial charge is 0.462 e. The first kappa shape index (κ1) is 17.7. The van der Waals surface area contributed by atoms with Crippen molar-refractivity contribution >= 4 is 11.8 Å². The third kappa shape index (κ3) is 3.10. The Morgan fingerprint density at radius 1 is 1.24 bits per heavy atom. The zero-order valence-corrected chi connectivity index (χ0v) is 15.8. The number of ether oxygens (including phenoxy) is 1. The molecule has 0 saturated carbocycles. The van der Waals surface area contributed by atoms with Gasteiger partial charge in [0.15, 0.2) is 5.78 Å². The molecular weight excluding hydrogens is 314 g/mol. The fraction of sp³-hybridized carbons (Fsp3) is 0.524. The van der Waals surface area contributed by atoms with E-state index < -0.39 is 5.97 Å². The molecule has 2 atom stereocenters. The summed E-state index contributed by atoms with van der Waals surface area (Å²) in [6, 6.07) is 4.78. The van der Waals surface area contributed by atoms with Crippen molar-refractivity contribution < 1.29 is 14.3 Å².